The Morgan fingerprint density at radius 3 is 2.55 bits per heavy atom. The minimum atomic E-state index is -0.901. The second-order valence-corrected chi connectivity index (χ2v) is 8.17. The van der Waals surface area contributed by atoms with Gasteiger partial charge >= 0.3 is 0 Å². The molecule has 8 heteroatoms. The molecule has 0 spiro atoms. The zero-order valence-corrected chi connectivity index (χ0v) is 16.4. The number of amides is 2. The maximum Gasteiger partial charge on any atom is 0.254 e. The summed E-state index contributed by atoms with van der Waals surface area (Å²) in [6.07, 6.45) is 5.48. The number of carbonyl (C=O) groups excluding carboxylic acids is 2. The van der Waals surface area contributed by atoms with E-state index in [9.17, 15) is 18.4 Å². The molecule has 2 heterocycles. The van der Waals surface area contributed by atoms with Crippen LogP contribution in [0.3, 0.4) is 0 Å². The van der Waals surface area contributed by atoms with Crippen molar-refractivity contribution in [3.63, 3.8) is 0 Å². The minimum absolute atomic E-state index is 0.00567. The maximum absolute atomic E-state index is 13.8. The summed E-state index contributed by atoms with van der Waals surface area (Å²) < 4.78 is 32.3. The monoisotopic (exact) mass is 407 g/mol. The molecule has 3 fully saturated rings. The quantitative estimate of drug-likeness (QED) is 0.811. The molecule has 1 aliphatic carbocycles. The lowest BCUT2D eigenvalue weighted by molar-refractivity contribution is -0.153. The number of nitrogens with one attached hydrogen (secondary N) is 1. The Morgan fingerprint density at radius 1 is 1.14 bits per heavy atom. The molecule has 1 atom stereocenters. The van der Waals surface area contributed by atoms with E-state index >= 15 is 0 Å². The predicted molar refractivity (Wildman–Crippen MR) is 102 cm³/mol. The summed E-state index contributed by atoms with van der Waals surface area (Å²) >= 11 is 0. The third-order valence-corrected chi connectivity index (χ3v) is 6.36. The highest BCUT2D eigenvalue weighted by molar-refractivity contribution is 5.94. The van der Waals surface area contributed by atoms with Gasteiger partial charge in [0.15, 0.2) is 0 Å². The summed E-state index contributed by atoms with van der Waals surface area (Å²) in [5.41, 5.74) is -0.210. The number of likely N-dealkylation sites (tertiary alicyclic amines) is 1. The molecule has 1 aromatic rings. The number of benzene rings is 1. The molecule has 0 bridgehead atoms. The number of hydrogen-bond acceptors (Lipinski definition) is 4. The van der Waals surface area contributed by atoms with Gasteiger partial charge in [0.2, 0.25) is 5.91 Å². The van der Waals surface area contributed by atoms with Crippen LogP contribution in [0, 0.1) is 11.6 Å². The first-order valence-corrected chi connectivity index (χ1v) is 10.4. The number of ether oxygens (including phenoxy) is 1. The zero-order chi connectivity index (χ0) is 20.4. The Balaban J connectivity index is 1.28. The van der Waals surface area contributed by atoms with Gasteiger partial charge in [0.05, 0.1) is 11.7 Å². The first-order valence-electron chi connectivity index (χ1n) is 10.4. The summed E-state index contributed by atoms with van der Waals surface area (Å²) in [6, 6.07) is 3.78. The van der Waals surface area contributed by atoms with E-state index in [0.29, 0.717) is 12.6 Å². The lowest BCUT2D eigenvalue weighted by Gasteiger charge is -2.45. The van der Waals surface area contributed by atoms with E-state index in [2.05, 4.69) is 10.2 Å². The van der Waals surface area contributed by atoms with Crippen LogP contribution in [-0.2, 0) is 9.53 Å². The Labute approximate surface area is 169 Å². The van der Waals surface area contributed by atoms with Crippen LogP contribution in [0.4, 0.5) is 8.78 Å². The second-order valence-electron chi connectivity index (χ2n) is 8.17. The van der Waals surface area contributed by atoms with Crippen molar-refractivity contribution < 1.29 is 23.1 Å². The number of piperidine rings is 1. The van der Waals surface area contributed by atoms with Gasteiger partial charge in [-0.2, -0.15) is 0 Å². The van der Waals surface area contributed by atoms with Crippen LogP contribution in [0.15, 0.2) is 18.2 Å². The SMILES string of the molecule is O=C(NCC1CN(C2CCN(C3CCC3)CC2)C(=O)CO1)c1ccc(F)cc1F. The smallest absolute Gasteiger partial charge is 0.254 e. The minimum Gasteiger partial charge on any atom is -0.365 e. The molecule has 1 aromatic carbocycles. The molecular weight excluding hydrogens is 380 g/mol. The lowest BCUT2D eigenvalue weighted by Crippen LogP contribution is -2.57. The molecular formula is C21H27F2N3O3. The summed E-state index contributed by atoms with van der Waals surface area (Å²) in [5.74, 6) is -2.27. The fraction of sp³-hybridized carbons (Fsp3) is 0.619. The van der Waals surface area contributed by atoms with Gasteiger partial charge in [-0.25, -0.2) is 8.78 Å². The predicted octanol–water partition coefficient (Wildman–Crippen LogP) is 1.94. The lowest BCUT2D eigenvalue weighted by atomic mass is 9.89. The number of carbonyl (C=O) groups is 2. The zero-order valence-electron chi connectivity index (χ0n) is 16.4. The molecule has 2 aliphatic heterocycles. The van der Waals surface area contributed by atoms with Crippen LogP contribution in [0.2, 0.25) is 0 Å². The fourth-order valence-electron chi connectivity index (χ4n) is 4.41. The first-order chi connectivity index (χ1) is 14.0. The van der Waals surface area contributed by atoms with Crippen molar-refractivity contribution >= 4 is 11.8 Å². The largest absolute Gasteiger partial charge is 0.365 e. The van der Waals surface area contributed by atoms with Gasteiger partial charge in [0, 0.05) is 44.3 Å². The Kier molecular flexibility index (Phi) is 6.10. The highest BCUT2D eigenvalue weighted by atomic mass is 19.1. The van der Waals surface area contributed by atoms with Crippen LogP contribution in [0.5, 0.6) is 0 Å². The average Bonchev–Trinajstić information content (AvgIpc) is 2.66. The molecule has 158 valence electrons. The molecule has 2 saturated heterocycles. The summed E-state index contributed by atoms with van der Waals surface area (Å²) in [5, 5.41) is 2.63. The maximum atomic E-state index is 13.8. The number of rotatable bonds is 5. The molecule has 1 N–H and O–H groups in total. The van der Waals surface area contributed by atoms with E-state index in [-0.39, 0.29) is 36.8 Å². The molecule has 0 aromatic heterocycles. The van der Waals surface area contributed by atoms with E-state index in [1.165, 1.54) is 19.3 Å². The van der Waals surface area contributed by atoms with Gasteiger partial charge < -0.3 is 19.9 Å². The molecule has 3 aliphatic rings. The Hall–Kier alpha value is -2.06. The van der Waals surface area contributed by atoms with Gasteiger partial charge in [-0.15, -0.1) is 0 Å². The van der Waals surface area contributed by atoms with Crippen LogP contribution in [0.1, 0.15) is 42.5 Å². The molecule has 2 amide bonds. The standard InChI is InChI=1S/C21H27F2N3O3/c22-14-4-5-18(19(23)10-14)21(28)24-11-17-12-26(20(27)13-29-17)16-6-8-25(9-7-16)15-2-1-3-15/h4-5,10,15-17H,1-3,6-9,11-13H2,(H,24,28). The Morgan fingerprint density at radius 2 is 1.90 bits per heavy atom. The number of halogens is 2. The number of hydrogen-bond donors (Lipinski definition) is 1. The summed E-state index contributed by atoms with van der Waals surface area (Å²) in [4.78, 5) is 29.0. The second kappa shape index (κ2) is 8.75. The number of nitrogens with zero attached hydrogens (tertiary/aromatic N) is 2. The summed E-state index contributed by atoms with van der Waals surface area (Å²) in [7, 11) is 0. The van der Waals surface area contributed by atoms with Crippen LogP contribution < -0.4 is 5.32 Å². The molecule has 6 nitrogen and oxygen atoms in total. The molecule has 1 unspecified atom stereocenters. The van der Waals surface area contributed by atoms with Crippen LogP contribution in [-0.4, -0.2) is 72.6 Å². The molecule has 29 heavy (non-hydrogen) atoms. The Bertz CT molecular complexity index is 764. The van der Waals surface area contributed by atoms with Gasteiger partial charge in [0.1, 0.15) is 18.2 Å². The van der Waals surface area contributed by atoms with Gasteiger partial charge in [-0.3, -0.25) is 9.59 Å². The van der Waals surface area contributed by atoms with Crippen LogP contribution in [0.25, 0.3) is 0 Å². The van der Waals surface area contributed by atoms with E-state index < -0.39 is 17.5 Å². The van der Waals surface area contributed by atoms with Gasteiger partial charge in [0.25, 0.3) is 5.91 Å². The van der Waals surface area contributed by atoms with Crippen molar-refractivity contribution in [1.29, 1.82) is 0 Å². The molecule has 1 saturated carbocycles. The van der Waals surface area contributed by atoms with E-state index in [4.69, 9.17) is 4.74 Å². The highest BCUT2D eigenvalue weighted by Gasteiger charge is 2.35. The van der Waals surface area contributed by atoms with Crippen LogP contribution >= 0.6 is 0 Å². The van der Waals surface area contributed by atoms with Crippen molar-refractivity contribution in [2.45, 2.75) is 50.3 Å². The van der Waals surface area contributed by atoms with E-state index in [0.717, 1.165) is 44.1 Å². The average molecular weight is 407 g/mol. The van der Waals surface area contributed by atoms with Gasteiger partial charge in [-0.1, -0.05) is 6.42 Å². The first kappa shape index (κ1) is 20.2. The fourth-order valence-corrected chi connectivity index (χ4v) is 4.41. The van der Waals surface area contributed by atoms with E-state index in [1.807, 2.05) is 4.90 Å². The normalized spacial score (nSPS) is 24.4. The third-order valence-electron chi connectivity index (χ3n) is 6.36. The van der Waals surface area contributed by atoms with Crippen molar-refractivity contribution in [3.05, 3.63) is 35.4 Å². The highest BCUT2D eigenvalue weighted by Crippen LogP contribution is 2.29. The van der Waals surface area contributed by atoms with Crippen molar-refractivity contribution in [1.82, 2.24) is 15.1 Å². The van der Waals surface area contributed by atoms with Crippen molar-refractivity contribution in [3.8, 4) is 0 Å². The van der Waals surface area contributed by atoms with E-state index in [1.54, 1.807) is 0 Å². The molecule has 4 rings (SSSR count). The molecule has 0 radical (unpaired) electrons. The third kappa shape index (κ3) is 4.59. The van der Waals surface area contributed by atoms with Crippen molar-refractivity contribution in [2.75, 3.05) is 32.8 Å². The van der Waals surface area contributed by atoms with Crippen molar-refractivity contribution in [2.24, 2.45) is 0 Å². The van der Waals surface area contributed by atoms with Gasteiger partial charge in [-0.05, 0) is 37.8 Å². The number of morpholine rings is 1. The summed E-state index contributed by atoms with van der Waals surface area (Å²) in [6.45, 7) is 2.62. The topological polar surface area (TPSA) is 61.9 Å².